The first kappa shape index (κ1) is 37.1. The van der Waals surface area contributed by atoms with E-state index in [0.29, 0.717) is 31.2 Å². The van der Waals surface area contributed by atoms with Gasteiger partial charge in [-0.1, -0.05) is 43.6 Å². The van der Waals surface area contributed by atoms with Gasteiger partial charge in [0.2, 0.25) is 23.6 Å². The predicted molar refractivity (Wildman–Crippen MR) is 204 cm³/mol. The summed E-state index contributed by atoms with van der Waals surface area (Å²) in [6, 6.07) is 17.7. The van der Waals surface area contributed by atoms with Crippen LogP contribution in [0.1, 0.15) is 49.4 Å². The van der Waals surface area contributed by atoms with Crippen LogP contribution in [0.3, 0.4) is 0 Å². The van der Waals surface area contributed by atoms with Crippen molar-refractivity contribution in [2.24, 2.45) is 23.7 Å². The lowest BCUT2D eigenvalue weighted by molar-refractivity contribution is -0.126. The Morgan fingerprint density at radius 3 is 1.16 bits per heavy atom. The van der Waals surface area contributed by atoms with Gasteiger partial charge in [-0.25, -0.2) is 9.80 Å². The molecule has 5 fully saturated rings. The standard InChI is InChI=1S/C22H16N2O6.C21H26O6Si/c25-19-15-11-5-6-12(29-11)16(15)20(26)23(19)9-1-2-10(4-3-9)24-21(27)17-13-7-8-14(30-13)18(17)22(24)28;1-2-10-21(11-3-1)28(25-15-18-7-4-12-22-18,26-16-19-8-5-13-23-19)27-17-20-9-6-14-24-20/h1-8,11-18H;4-9,12-14,21H,1-3,10-11,15-17H2. The van der Waals surface area contributed by atoms with E-state index in [1.54, 1.807) is 43.1 Å². The second-order valence-corrected chi connectivity index (χ2v) is 18.5. The second kappa shape index (κ2) is 15.2. The molecule has 1 aliphatic carbocycles. The van der Waals surface area contributed by atoms with Gasteiger partial charge in [-0.2, -0.15) is 0 Å². The molecule has 7 aliphatic rings. The average Bonchev–Trinajstić information content (AvgIpc) is 4.10. The molecule has 8 atom stereocenters. The third kappa shape index (κ3) is 6.46. The fraction of sp³-hybridized carbons (Fsp3) is 0.395. The van der Waals surface area contributed by atoms with Gasteiger partial charge in [0.1, 0.15) is 17.3 Å². The summed E-state index contributed by atoms with van der Waals surface area (Å²) in [6.45, 7) is 0.976. The van der Waals surface area contributed by atoms with Crippen LogP contribution in [0.25, 0.3) is 0 Å². The summed E-state index contributed by atoms with van der Waals surface area (Å²) < 4.78 is 47.0. The van der Waals surface area contributed by atoms with Gasteiger partial charge in [0.15, 0.2) is 0 Å². The van der Waals surface area contributed by atoms with Crippen LogP contribution in [-0.4, -0.2) is 56.8 Å². The minimum Gasteiger partial charge on any atom is -0.467 e. The molecule has 14 nitrogen and oxygen atoms in total. The smallest absolute Gasteiger partial charge is 0.467 e. The quantitative estimate of drug-likeness (QED) is 0.0900. The van der Waals surface area contributed by atoms with E-state index in [-0.39, 0.29) is 53.6 Å². The van der Waals surface area contributed by atoms with Gasteiger partial charge in [0.25, 0.3) is 0 Å². The van der Waals surface area contributed by atoms with E-state index in [1.165, 1.54) is 16.2 Å². The molecule has 1 aromatic carbocycles. The number of anilines is 2. The maximum Gasteiger partial charge on any atom is 0.505 e. The second-order valence-electron chi connectivity index (χ2n) is 15.6. The Kier molecular flexibility index (Phi) is 9.74. The monoisotopic (exact) mass is 806 g/mol. The number of benzene rings is 1. The molecular formula is C43H42N2O12Si. The third-order valence-electron chi connectivity index (χ3n) is 12.3. The maximum absolute atomic E-state index is 12.9. The number of hydrogen-bond donors (Lipinski definition) is 0. The minimum absolute atomic E-state index is 0.251. The maximum atomic E-state index is 12.9. The van der Waals surface area contributed by atoms with Gasteiger partial charge in [0.05, 0.1) is 98.1 Å². The molecule has 6 aliphatic heterocycles. The Labute approximate surface area is 334 Å². The highest BCUT2D eigenvalue weighted by Crippen LogP contribution is 2.48. The van der Waals surface area contributed by atoms with E-state index < -0.39 is 32.5 Å². The van der Waals surface area contributed by atoms with Crippen LogP contribution < -0.4 is 9.80 Å². The zero-order chi connectivity index (χ0) is 39.4. The van der Waals surface area contributed by atoms with Crippen molar-refractivity contribution in [2.75, 3.05) is 9.80 Å². The van der Waals surface area contributed by atoms with E-state index in [4.69, 9.17) is 36.0 Å². The summed E-state index contributed by atoms with van der Waals surface area (Å²) in [5.41, 5.74) is 1.12. The third-order valence-corrected chi connectivity index (χ3v) is 15.5. The molecule has 0 spiro atoms. The fourth-order valence-electron chi connectivity index (χ4n) is 9.50. The number of nitrogens with zero attached hydrogens (tertiary/aromatic N) is 2. The number of rotatable bonds is 12. The Morgan fingerprint density at radius 2 is 0.845 bits per heavy atom. The van der Waals surface area contributed by atoms with Crippen molar-refractivity contribution in [3.05, 3.63) is 121 Å². The van der Waals surface area contributed by atoms with Crippen molar-refractivity contribution in [1.29, 1.82) is 0 Å². The van der Waals surface area contributed by atoms with Crippen LogP contribution in [0, 0.1) is 23.7 Å². The summed E-state index contributed by atoms with van der Waals surface area (Å²) in [4.78, 5) is 54.0. The summed E-state index contributed by atoms with van der Waals surface area (Å²) >= 11 is 0. The van der Waals surface area contributed by atoms with E-state index in [1.807, 2.05) is 60.7 Å². The lowest BCUT2D eigenvalue weighted by Gasteiger charge is -2.37. The van der Waals surface area contributed by atoms with Crippen LogP contribution in [0.5, 0.6) is 0 Å². The number of furan rings is 3. The molecule has 11 rings (SSSR count). The first-order chi connectivity index (χ1) is 28.4. The zero-order valence-electron chi connectivity index (χ0n) is 31.5. The molecule has 58 heavy (non-hydrogen) atoms. The number of hydrogen-bond acceptors (Lipinski definition) is 12. The molecule has 4 aromatic rings. The molecule has 3 aromatic heterocycles. The predicted octanol–water partition coefficient (Wildman–Crippen LogP) is 6.26. The van der Waals surface area contributed by atoms with Crippen molar-refractivity contribution < 1.29 is 55.2 Å². The molecular weight excluding hydrogens is 765 g/mol. The molecule has 4 saturated heterocycles. The molecule has 9 heterocycles. The van der Waals surface area contributed by atoms with Gasteiger partial charge < -0.3 is 36.0 Å². The number of ether oxygens (including phenoxy) is 2. The number of fused-ring (bicyclic) bond motifs is 10. The lowest BCUT2D eigenvalue weighted by Crippen LogP contribution is -2.50. The fourth-order valence-corrected chi connectivity index (χ4v) is 12.6. The Hall–Kier alpha value is -5.16. The van der Waals surface area contributed by atoms with Crippen LogP contribution in [0.15, 0.2) is 117 Å². The highest BCUT2D eigenvalue weighted by Gasteiger charge is 2.62. The van der Waals surface area contributed by atoms with E-state index >= 15 is 0 Å². The number of carbonyl (C=O) groups is 4. The van der Waals surface area contributed by atoms with E-state index in [9.17, 15) is 19.2 Å². The molecule has 8 unspecified atom stereocenters. The number of carbonyl (C=O) groups excluding carboxylic acids is 4. The van der Waals surface area contributed by atoms with Crippen LogP contribution in [-0.2, 0) is 61.8 Å². The highest BCUT2D eigenvalue weighted by atomic mass is 28.4. The Morgan fingerprint density at radius 1 is 0.500 bits per heavy atom. The highest BCUT2D eigenvalue weighted by molar-refractivity contribution is 6.62. The first-order valence-electron chi connectivity index (χ1n) is 19.9. The largest absolute Gasteiger partial charge is 0.505 e. The van der Waals surface area contributed by atoms with Crippen molar-refractivity contribution in [2.45, 2.75) is 81.9 Å². The van der Waals surface area contributed by atoms with Crippen molar-refractivity contribution in [3.8, 4) is 0 Å². The van der Waals surface area contributed by atoms with Crippen molar-refractivity contribution in [1.82, 2.24) is 0 Å². The zero-order valence-corrected chi connectivity index (χ0v) is 32.5. The number of amides is 4. The first-order valence-corrected chi connectivity index (χ1v) is 21.7. The lowest BCUT2D eigenvalue weighted by atomic mass is 9.85. The molecule has 15 heteroatoms. The van der Waals surface area contributed by atoms with Crippen LogP contribution >= 0.6 is 0 Å². The van der Waals surface area contributed by atoms with Crippen LogP contribution in [0.4, 0.5) is 11.4 Å². The summed E-state index contributed by atoms with van der Waals surface area (Å²) in [5.74, 6) is -0.688. The molecule has 0 radical (unpaired) electrons. The SMILES string of the molecule is O=C1C2C3C=CC(O3)C2C(=O)N1c1ccc(N2C(=O)C3C4C=CC(O4)C3C2=O)cc1.c1coc(CO[Si](OCc2ccco2)(OCc2ccco2)C2CCCCC2)c1. The van der Waals surface area contributed by atoms with Crippen molar-refractivity contribution >= 4 is 43.8 Å². The molecule has 300 valence electrons. The Bertz CT molecular complexity index is 1950. The van der Waals surface area contributed by atoms with Gasteiger partial charge in [-0.3, -0.25) is 19.2 Å². The Balaban J connectivity index is 0.000000141. The minimum atomic E-state index is -3.04. The average molecular weight is 807 g/mol. The van der Waals surface area contributed by atoms with Gasteiger partial charge >= 0.3 is 8.80 Å². The molecule has 0 N–H and O–H groups in total. The normalized spacial score (nSPS) is 29.5. The summed E-state index contributed by atoms with van der Waals surface area (Å²) in [5, 5.41) is 0. The van der Waals surface area contributed by atoms with Gasteiger partial charge in [0, 0.05) is 5.54 Å². The molecule has 4 bridgehead atoms. The molecule has 1 saturated carbocycles. The number of imide groups is 2. The van der Waals surface area contributed by atoms with E-state index in [0.717, 1.165) is 43.0 Å². The van der Waals surface area contributed by atoms with Crippen LogP contribution in [0.2, 0.25) is 5.54 Å². The molecule has 4 amide bonds. The van der Waals surface area contributed by atoms with Gasteiger partial charge in [-0.05, 0) is 73.5 Å². The summed E-state index contributed by atoms with van der Waals surface area (Å²) in [7, 11) is -3.04. The van der Waals surface area contributed by atoms with Crippen molar-refractivity contribution in [3.63, 3.8) is 0 Å². The summed E-state index contributed by atoms with van der Waals surface area (Å²) in [6.07, 6.45) is 16.6. The topological polar surface area (TPSA) is 160 Å². The van der Waals surface area contributed by atoms with Gasteiger partial charge in [-0.15, -0.1) is 0 Å². The van der Waals surface area contributed by atoms with E-state index in [2.05, 4.69) is 0 Å².